The Morgan fingerprint density at radius 3 is 2.44 bits per heavy atom. The highest BCUT2D eigenvalue weighted by Crippen LogP contribution is 2.46. The molecule has 1 aromatic heterocycles. The fourth-order valence-electron chi connectivity index (χ4n) is 4.64. The molecule has 1 atom stereocenters. The minimum absolute atomic E-state index is 0.0955. The molecule has 0 bridgehead atoms. The second-order valence-electron chi connectivity index (χ2n) is 9.64. The summed E-state index contributed by atoms with van der Waals surface area (Å²) in [6.07, 6.45) is 3.28. The van der Waals surface area contributed by atoms with E-state index in [9.17, 15) is 15.0 Å². The number of carbonyl (C=O) groups is 1. The Morgan fingerprint density at radius 1 is 1.03 bits per heavy atom. The largest absolute Gasteiger partial charge is 0.489 e. The zero-order chi connectivity index (χ0) is 27.5. The van der Waals surface area contributed by atoms with Crippen molar-refractivity contribution in [3.63, 3.8) is 0 Å². The predicted molar refractivity (Wildman–Crippen MR) is 151 cm³/mol. The van der Waals surface area contributed by atoms with Crippen molar-refractivity contribution < 1.29 is 24.3 Å². The Kier molecular flexibility index (Phi) is 8.48. The van der Waals surface area contributed by atoms with E-state index in [4.69, 9.17) is 44.1 Å². The fourth-order valence-corrected chi connectivity index (χ4v) is 5.48. The molecule has 39 heavy (non-hydrogen) atoms. The lowest BCUT2D eigenvalue weighted by molar-refractivity contribution is 0.0696. The van der Waals surface area contributed by atoms with Gasteiger partial charge in [0.05, 0.1) is 21.2 Å². The minimum Gasteiger partial charge on any atom is -0.489 e. The minimum atomic E-state index is -0.996. The molecule has 9 heteroatoms. The van der Waals surface area contributed by atoms with Crippen molar-refractivity contribution in [2.75, 3.05) is 6.61 Å². The number of aromatic nitrogens is 1. The maximum Gasteiger partial charge on any atom is 0.335 e. The first-order valence-corrected chi connectivity index (χ1v) is 13.8. The van der Waals surface area contributed by atoms with Crippen molar-refractivity contribution in [3.8, 4) is 17.0 Å². The second kappa shape index (κ2) is 12.0. The van der Waals surface area contributed by atoms with Crippen molar-refractivity contribution in [2.45, 2.75) is 44.1 Å². The molecule has 2 N–H and O–H groups in total. The molecule has 1 heterocycles. The molecule has 6 nitrogen and oxygen atoms in total. The summed E-state index contributed by atoms with van der Waals surface area (Å²) in [7, 11) is 0. The Morgan fingerprint density at radius 2 is 1.77 bits per heavy atom. The van der Waals surface area contributed by atoms with Gasteiger partial charge in [0, 0.05) is 29.0 Å². The summed E-state index contributed by atoms with van der Waals surface area (Å²) in [5.41, 5.74) is 3.91. The zero-order valence-electron chi connectivity index (χ0n) is 20.9. The predicted octanol–water partition coefficient (Wildman–Crippen LogP) is 8.17. The Balaban J connectivity index is 1.29. The number of benzene rings is 3. The van der Waals surface area contributed by atoms with E-state index in [1.807, 2.05) is 18.2 Å². The zero-order valence-corrected chi connectivity index (χ0v) is 23.1. The van der Waals surface area contributed by atoms with Crippen molar-refractivity contribution in [1.82, 2.24) is 5.16 Å². The number of carboxylic acid groups (broad SMARTS) is 1. The van der Waals surface area contributed by atoms with Gasteiger partial charge in [0.15, 0.2) is 0 Å². The van der Waals surface area contributed by atoms with Gasteiger partial charge < -0.3 is 19.5 Å². The molecular formula is C30H26Cl3NO5. The van der Waals surface area contributed by atoms with E-state index in [-0.39, 0.29) is 24.7 Å². The summed E-state index contributed by atoms with van der Waals surface area (Å²) in [4.78, 5) is 11.3. The van der Waals surface area contributed by atoms with Crippen LogP contribution in [0.25, 0.3) is 11.3 Å². The Labute approximate surface area is 241 Å². The molecule has 0 amide bonds. The average molecular weight is 587 g/mol. The number of ether oxygens (including phenoxy) is 1. The van der Waals surface area contributed by atoms with Gasteiger partial charge in [0.25, 0.3) is 0 Å². The molecule has 5 rings (SSSR count). The van der Waals surface area contributed by atoms with Crippen LogP contribution >= 0.6 is 34.8 Å². The number of nitrogens with zero attached hydrogens (tertiary/aromatic N) is 1. The average Bonchev–Trinajstić information content (AvgIpc) is 3.69. The van der Waals surface area contributed by atoms with Crippen LogP contribution in [0.3, 0.4) is 0 Å². The number of halogens is 3. The summed E-state index contributed by atoms with van der Waals surface area (Å²) in [5, 5.41) is 25.0. The van der Waals surface area contributed by atoms with Crippen molar-refractivity contribution in [2.24, 2.45) is 0 Å². The van der Waals surface area contributed by atoms with Crippen molar-refractivity contribution in [1.29, 1.82) is 0 Å². The van der Waals surface area contributed by atoms with Crippen LogP contribution in [0.5, 0.6) is 5.75 Å². The lowest BCUT2D eigenvalue weighted by atomic mass is 9.92. The monoisotopic (exact) mass is 585 g/mol. The number of aromatic carboxylic acids is 1. The number of hydrogen-bond acceptors (Lipinski definition) is 5. The van der Waals surface area contributed by atoms with Crippen LogP contribution in [0.1, 0.15) is 63.9 Å². The number of aliphatic hydroxyl groups is 1. The molecule has 3 aromatic carbocycles. The second-order valence-corrected chi connectivity index (χ2v) is 10.9. The lowest BCUT2D eigenvalue weighted by Gasteiger charge is -2.16. The van der Waals surface area contributed by atoms with Gasteiger partial charge in [-0.2, -0.15) is 0 Å². The van der Waals surface area contributed by atoms with E-state index in [0.29, 0.717) is 50.8 Å². The van der Waals surface area contributed by atoms with Gasteiger partial charge in [0.2, 0.25) is 0 Å². The Bertz CT molecular complexity index is 1480. The van der Waals surface area contributed by atoms with Gasteiger partial charge in [0.1, 0.15) is 23.8 Å². The number of hydrogen-bond donors (Lipinski definition) is 2. The van der Waals surface area contributed by atoms with Crippen LogP contribution in [0.2, 0.25) is 15.1 Å². The highest BCUT2D eigenvalue weighted by atomic mass is 35.5. The summed E-state index contributed by atoms with van der Waals surface area (Å²) in [5.74, 6) is 0.500. The smallest absolute Gasteiger partial charge is 0.335 e. The molecule has 1 aliphatic carbocycles. The normalized spacial score (nSPS) is 13.8. The highest BCUT2D eigenvalue weighted by Gasteiger charge is 2.33. The summed E-state index contributed by atoms with van der Waals surface area (Å²) in [6.45, 7) is 0.121. The molecule has 1 unspecified atom stereocenters. The molecule has 4 aromatic rings. The quantitative estimate of drug-likeness (QED) is 0.184. The van der Waals surface area contributed by atoms with Crippen LogP contribution < -0.4 is 4.74 Å². The van der Waals surface area contributed by atoms with Crippen LogP contribution in [0.4, 0.5) is 0 Å². The third kappa shape index (κ3) is 6.25. The lowest BCUT2D eigenvalue weighted by Crippen LogP contribution is -2.08. The van der Waals surface area contributed by atoms with Gasteiger partial charge in [-0.3, -0.25) is 0 Å². The van der Waals surface area contributed by atoms with Gasteiger partial charge >= 0.3 is 5.97 Å². The third-order valence-corrected chi connectivity index (χ3v) is 7.94. The standard InChI is InChI=1S/C30H26Cl3NO5/c31-24-5-2-6-25(32)27(24)28-23(29(39-34-28)18-8-9-18)16-38-22-12-11-17(26(33)14-22)7-10-21(15-35)19-3-1-4-20(13-19)30(36)37/h1-6,11-14,18,21,35H,7-10,15-16H2,(H,36,37). The molecule has 0 radical (unpaired) electrons. The van der Waals surface area contributed by atoms with E-state index in [1.54, 1.807) is 36.4 Å². The van der Waals surface area contributed by atoms with E-state index in [0.717, 1.165) is 35.3 Å². The van der Waals surface area contributed by atoms with Crippen LogP contribution in [0.15, 0.2) is 65.2 Å². The fraction of sp³-hybridized carbons (Fsp3) is 0.267. The molecule has 0 aliphatic heterocycles. The van der Waals surface area contributed by atoms with Crippen LogP contribution in [0, 0.1) is 0 Å². The number of aryl methyl sites for hydroxylation is 1. The molecule has 1 saturated carbocycles. The van der Waals surface area contributed by atoms with Crippen LogP contribution in [-0.4, -0.2) is 27.9 Å². The number of rotatable bonds is 11. The first-order chi connectivity index (χ1) is 18.9. The molecule has 0 spiro atoms. The van der Waals surface area contributed by atoms with Gasteiger partial charge in [-0.1, -0.05) is 64.2 Å². The van der Waals surface area contributed by atoms with Crippen molar-refractivity contribution >= 4 is 40.8 Å². The highest BCUT2D eigenvalue weighted by molar-refractivity contribution is 6.39. The summed E-state index contributed by atoms with van der Waals surface area (Å²) in [6, 6.07) is 17.5. The third-order valence-electron chi connectivity index (χ3n) is 6.96. The van der Waals surface area contributed by atoms with Crippen LogP contribution in [-0.2, 0) is 13.0 Å². The maximum atomic E-state index is 11.3. The number of aliphatic hydroxyl groups excluding tert-OH is 1. The topological polar surface area (TPSA) is 92.8 Å². The SMILES string of the molecule is O=C(O)c1cccc(C(CO)CCc2ccc(OCc3c(-c4c(Cl)cccc4Cl)noc3C3CC3)cc2Cl)c1. The summed E-state index contributed by atoms with van der Waals surface area (Å²) < 4.78 is 11.8. The summed E-state index contributed by atoms with van der Waals surface area (Å²) >= 11 is 19.5. The molecular weight excluding hydrogens is 561 g/mol. The van der Waals surface area contributed by atoms with Gasteiger partial charge in [-0.25, -0.2) is 4.79 Å². The van der Waals surface area contributed by atoms with E-state index >= 15 is 0 Å². The Hall–Kier alpha value is -3.03. The van der Waals surface area contributed by atoms with Crippen molar-refractivity contribution in [3.05, 3.63) is 104 Å². The molecule has 0 saturated heterocycles. The molecule has 1 fully saturated rings. The molecule has 1 aliphatic rings. The van der Waals surface area contributed by atoms with Gasteiger partial charge in [-0.15, -0.1) is 0 Å². The maximum absolute atomic E-state index is 11.3. The van der Waals surface area contributed by atoms with E-state index < -0.39 is 5.97 Å². The van der Waals surface area contributed by atoms with Gasteiger partial charge in [-0.05, 0) is 73.2 Å². The number of carboxylic acids is 1. The van der Waals surface area contributed by atoms with E-state index in [2.05, 4.69) is 5.16 Å². The first kappa shape index (κ1) is 27.5. The first-order valence-electron chi connectivity index (χ1n) is 12.6. The van der Waals surface area contributed by atoms with E-state index in [1.165, 1.54) is 6.07 Å². The molecule has 202 valence electrons.